The van der Waals surface area contributed by atoms with Gasteiger partial charge in [-0.1, -0.05) is 36.0 Å². The molecule has 0 aliphatic carbocycles. The van der Waals surface area contributed by atoms with Crippen molar-refractivity contribution in [1.82, 2.24) is 9.80 Å². The van der Waals surface area contributed by atoms with Gasteiger partial charge in [0.1, 0.15) is 0 Å². The van der Waals surface area contributed by atoms with E-state index in [1.54, 1.807) is 30.3 Å². The number of nitrogens with two attached hydrogens (primary N) is 1. The molecule has 0 radical (unpaired) electrons. The number of nitrogens with one attached hydrogen (secondary N) is 1. The molecule has 3 N–H and O–H groups in total. The monoisotopic (exact) mass is 452 g/mol. The fourth-order valence-electron chi connectivity index (χ4n) is 4.05. The standard InChI is InChI=1S/C23H24N4O4S/c24-21(29)19-8-3-9-26(19)12-16-5-2-7-18(11-16)25-22(30)17-6-1-4-15(10-17)13-27-20(28)14-32-23(27)31/h1-2,4-7,10-11,19H,3,8-9,12-14H2,(H2,24,29)(H,25,30). The van der Waals surface area contributed by atoms with E-state index in [2.05, 4.69) is 10.2 Å². The highest BCUT2D eigenvalue weighted by molar-refractivity contribution is 8.14. The van der Waals surface area contributed by atoms with Crippen LogP contribution < -0.4 is 11.1 Å². The zero-order valence-electron chi connectivity index (χ0n) is 17.5. The molecule has 2 fully saturated rings. The van der Waals surface area contributed by atoms with Gasteiger partial charge in [0, 0.05) is 17.8 Å². The first-order valence-corrected chi connectivity index (χ1v) is 11.4. The first kappa shape index (κ1) is 22.0. The molecule has 0 saturated carbocycles. The van der Waals surface area contributed by atoms with E-state index in [1.807, 2.05) is 18.2 Å². The Hall–Kier alpha value is -3.17. The summed E-state index contributed by atoms with van der Waals surface area (Å²) in [7, 11) is 0. The van der Waals surface area contributed by atoms with Crippen molar-refractivity contribution in [2.45, 2.75) is 32.0 Å². The number of amides is 4. The Morgan fingerprint density at radius 3 is 2.53 bits per heavy atom. The van der Waals surface area contributed by atoms with Gasteiger partial charge < -0.3 is 11.1 Å². The molecule has 8 nitrogen and oxygen atoms in total. The second-order valence-electron chi connectivity index (χ2n) is 7.92. The van der Waals surface area contributed by atoms with Gasteiger partial charge >= 0.3 is 0 Å². The molecule has 0 spiro atoms. The normalized spacial score (nSPS) is 18.9. The van der Waals surface area contributed by atoms with Crippen LogP contribution in [0.15, 0.2) is 48.5 Å². The molecule has 1 atom stereocenters. The molecule has 166 valence electrons. The predicted molar refractivity (Wildman–Crippen MR) is 122 cm³/mol. The molecule has 32 heavy (non-hydrogen) atoms. The van der Waals surface area contributed by atoms with Crippen molar-refractivity contribution >= 4 is 40.4 Å². The highest BCUT2D eigenvalue weighted by Crippen LogP contribution is 2.23. The summed E-state index contributed by atoms with van der Waals surface area (Å²) in [5.41, 5.74) is 8.28. The number of carbonyl (C=O) groups excluding carboxylic acids is 4. The number of carbonyl (C=O) groups is 4. The molecule has 2 aromatic rings. The zero-order valence-corrected chi connectivity index (χ0v) is 18.3. The van der Waals surface area contributed by atoms with E-state index >= 15 is 0 Å². The largest absolute Gasteiger partial charge is 0.368 e. The number of imide groups is 1. The Labute approximate surface area is 190 Å². The van der Waals surface area contributed by atoms with Crippen molar-refractivity contribution < 1.29 is 19.2 Å². The third-order valence-electron chi connectivity index (χ3n) is 5.63. The summed E-state index contributed by atoms with van der Waals surface area (Å²) in [6.07, 6.45) is 1.71. The third-order valence-corrected chi connectivity index (χ3v) is 6.49. The number of likely N-dealkylation sites (tertiary alicyclic amines) is 1. The minimum atomic E-state index is -0.303. The van der Waals surface area contributed by atoms with Gasteiger partial charge in [-0.2, -0.15) is 0 Å². The molecule has 2 saturated heterocycles. The van der Waals surface area contributed by atoms with Gasteiger partial charge in [-0.15, -0.1) is 0 Å². The molecular weight excluding hydrogens is 428 g/mol. The Morgan fingerprint density at radius 1 is 1.06 bits per heavy atom. The van der Waals surface area contributed by atoms with Crippen LogP contribution in [0.25, 0.3) is 0 Å². The van der Waals surface area contributed by atoms with E-state index in [9.17, 15) is 19.2 Å². The van der Waals surface area contributed by atoms with Gasteiger partial charge in [0.25, 0.3) is 11.1 Å². The van der Waals surface area contributed by atoms with Crippen molar-refractivity contribution in [3.8, 4) is 0 Å². The Balaban J connectivity index is 1.42. The number of hydrogen-bond donors (Lipinski definition) is 2. The number of primary amides is 1. The van der Waals surface area contributed by atoms with Crippen molar-refractivity contribution in [2.75, 3.05) is 17.6 Å². The van der Waals surface area contributed by atoms with E-state index in [0.717, 1.165) is 36.7 Å². The van der Waals surface area contributed by atoms with Crippen LogP contribution in [0.2, 0.25) is 0 Å². The van der Waals surface area contributed by atoms with E-state index in [4.69, 9.17) is 5.73 Å². The molecule has 2 aliphatic heterocycles. The fraction of sp³-hybridized carbons (Fsp3) is 0.304. The highest BCUT2D eigenvalue weighted by atomic mass is 32.2. The van der Waals surface area contributed by atoms with Gasteiger partial charge in [0.05, 0.1) is 18.3 Å². The van der Waals surface area contributed by atoms with Gasteiger partial charge in [-0.3, -0.25) is 29.0 Å². The topological polar surface area (TPSA) is 113 Å². The number of nitrogens with zero attached hydrogens (tertiary/aromatic N) is 2. The lowest BCUT2D eigenvalue weighted by Crippen LogP contribution is -2.39. The van der Waals surface area contributed by atoms with Gasteiger partial charge in [0.15, 0.2) is 0 Å². The van der Waals surface area contributed by atoms with E-state index in [0.29, 0.717) is 23.4 Å². The summed E-state index contributed by atoms with van der Waals surface area (Å²) >= 11 is 0.988. The SMILES string of the molecule is NC(=O)C1CCCN1Cc1cccc(NC(=O)c2cccc(CN3C(=O)CSC3=O)c2)c1. The summed E-state index contributed by atoms with van der Waals surface area (Å²) in [6.45, 7) is 1.55. The fourth-order valence-corrected chi connectivity index (χ4v) is 4.78. The quantitative estimate of drug-likeness (QED) is 0.668. The summed E-state index contributed by atoms with van der Waals surface area (Å²) in [4.78, 5) is 51.3. The van der Waals surface area contributed by atoms with E-state index in [1.165, 1.54) is 4.90 Å². The van der Waals surface area contributed by atoms with Crippen LogP contribution in [0, 0.1) is 0 Å². The maximum Gasteiger partial charge on any atom is 0.289 e. The molecular formula is C23H24N4O4S. The number of anilines is 1. The Bertz CT molecular complexity index is 1060. The number of thioether (sulfide) groups is 1. The second kappa shape index (κ2) is 9.54. The van der Waals surface area contributed by atoms with Crippen LogP contribution in [0.3, 0.4) is 0 Å². The Kier molecular flexibility index (Phi) is 6.57. The first-order chi connectivity index (χ1) is 15.4. The lowest BCUT2D eigenvalue weighted by molar-refractivity contribution is -0.125. The first-order valence-electron chi connectivity index (χ1n) is 10.4. The van der Waals surface area contributed by atoms with Gasteiger partial charge in [-0.25, -0.2) is 0 Å². The van der Waals surface area contributed by atoms with Gasteiger partial charge in [0.2, 0.25) is 11.8 Å². The summed E-state index contributed by atoms with van der Waals surface area (Å²) in [6, 6.07) is 14.1. The molecule has 0 bridgehead atoms. The molecule has 9 heteroatoms. The summed E-state index contributed by atoms with van der Waals surface area (Å²) in [5.74, 6) is -0.646. The number of rotatable bonds is 7. The molecule has 2 aliphatic rings. The maximum atomic E-state index is 12.8. The van der Waals surface area contributed by atoms with E-state index in [-0.39, 0.29) is 41.3 Å². The zero-order chi connectivity index (χ0) is 22.7. The van der Waals surface area contributed by atoms with Crippen molar-refractivity contribution in [3.05, 3.63) is 65.2 Å². The average Bonchev–Trinajstić information content (AvgIpc) is 3.36. The smallest absolute Gasteiger partial charge is 0.289 e. The lowest BCUT2D eigenvalue weighted by atomic mass is 10.1. The molecule has 2 aromatic carbocycles. The van der Waals surface area contributed by atoms with Crippen molar-refractivity contribution in [1.29, 1.82) is 0 Å². The average molecular weight is 453 g/mol. The van der Waals surface area contributed by atoms with Crippen LogP contribution in [0.1, 0.15) is 34.3 Å². The lowest BCUT2D eigenvalue weighted by Gasteiger charge is -2.22. The van der Waals surface area contributed by atoms with Crippen LogP contribution >= 0.6 is 11.8 Å². The second-order valence-corrected chi connectivity index (χ2v) is 8.85. The Morgan fingerprint density at radius 2 is 1.81 bits per heavy atom. The summed E-state index contributed by atoms with van der Waals surface area (Å²) < 4.78 is 0. The van der Waals surface area contributed by atoms with Crippen molar-refractivity contribution in [2.24, 2.45) is 5.73 Å². The van der Waals surface area contributed by atoms with Crippen molar-refractivity contribution in [3.63, 3.8) is 0 Å². The molecule has 1 unspecified atom stereocenters. The number of benzene rings is 2. The third kappa shape index (κ3) is 5.00. The predicted octanol–water partition coefficient (Wildman–Crippen LogP) is 2.58. The molecule has 0 aromatic heterocycles. The van der Waals surface area contributed by atoms with Crippen LogP contribution in [-0.4, -0.2) is 51.1 Å². The summed E-state index contributed by atoms with van der Waals surface area (Å²) in [5, 5.41) is 2.63. The minimum absolute atomic E-state index is 0.151. The van der Waals surface area contributed by atoms with Crippen LogP contribution in [-0.2, 0) is 22.7 Å². The highest BCUT2D eigenvalue weighted by Gasteiger charge is 2.30. The maximum absolute atomic E-state index is 12.8. The molecule has 2 heterocycles. The van der Waals surface area contributed by atoms with Crippen LogP contribution in [0.5, 0.6) is 0 Å². The van der Waals surface area contributed by atoms with Crippen LogP contribution in [0.4, 0.5) is 10.5 Å². The minimum Gasteiger partial charge on any atom is -0.368 e. The number of hydrogen-bond acceptors (Lipinski definition) is 6. The molecule has 4 amide bonds. The molecule has 4 rings (SSSR count). The van der Waals surface area contributed by atoms with Gasteiger partial charge in [-0.05, 0) is 54.8 Å². The van der Waals surface area contributed by atoms with E-state index < -0.39 is 0 Å².